The van der Waals surface area contributed by atoms with E-state index in [2.05, 4.69) is 5.32 Å². The van der Waals surface area contributed by atoms with E-state index in [1.807, 2.05) is 24.3 Å². The number of aliphatic carboxylic acids is 1. The molecule has 0 saturated heterocycles. The summed E-state index contributed by atoms with van der Waals surface area (Å²) in [6.07, 6.45) is 0.00185. The Morgan fingerprint density at radius 1 is 1.26 bits per heavy atom. The van der Waals surface area contributed by atoms with Gasteiger partial charge in [-0.25, -0.2) is 9.59 Å². The second-order valence-electron chi connectivity index (χ2n) is 4.48. The Morgan fingerprint density at radius 3 is 2.32 bits per heavy atom. The first-order valence-electron chi connectivity index (χ1n) is 6.07. The van der Waals surface area contributed by atoms with Gasteiger partial charge >= 0.3 is 12.0 Å². The van der Waals surface area contributed by atoms with E-state index >= 15 is 0 Å². The van der Waals surface area contributed by atoms with Gasteiger partial charge in [0.05, 0.1) is 0 Å². The molecule has 0 aromatic heterocycles. The Bertz CT molecular complexity index is 464. The molecule has 0 bridgehead atoms. The van der Waals surface area contributed by atoms with E-state index < -0.39 is 18.0 Å². The lowest BCUT2D eigenvalue weighted by atomic mass is 10.1. The van der Waals surface area contributed by atoms with Crippen molar-refractivity contribution in [2.24, 2.45) is 0 Å². The Hall–Kier alpha value is -2.08. The van der Waals surface area contributed by atoms with Crippen LogP contribution in [0, 0.1) is 0 Å². The summed E-state index contributed by atoms with van der Waals surface area (Å²) in [6.45, 7) is 0.679. The van der Waals surface area contributed by atoms with E-state index in [4.69, 9.17) is 10.2 Å². The third-order valence-corrected chi connectivity index (χ3v) is 3.14. The molecule has 0 saturated carbocycles. The van der Waals surface area contributed by atoms with Crippen molar-refractivity contribution in [3.05, 3.63) is 35.4 Å². The molecule has 1 atom stereocenters. The van der Waals surface area contributed by atoms with Gasteiger partial charge in [-0.15, -0.1) is 0 Å². The second kappa shape index (κ2) is 5.71. The number of rotatable bonds is 4. The van der Waals surface area contributed by atoms with Gasteiger partial charge in [0.2, 0.25) is 0 Å². The second-order valence-corrected chi connectivity index (χ2v) is 4.48. The molecular formula is C13H16N2O4. The van der Waals surface area contributed by atoms with Gasteiger partial charge in [0.25, 0.3) is 0 Å². The highest BCUT2D eigenvalue weighted by molar-refractivity contribution is 5.82. The number of urea groups is 1. The maximum absolute atomic E-state index is 12.0. The van der Waals surface area contributed by atoms with Crippen LogP contribution in [0.25, 0.3) is 0 Å². The van der Waals surface area contributed by atoms with Gasteiger partial charge in [-0.2, -0.15) is 0 Å². The maximum atomic E-state index is 12.0. The number of carboxylic acid groups (broad SMARTS) is 1. The van der Waals surface area contributed by atoms with Gasteiger partial charge < -0.3 is 20.4 Å². The normalized spacial score (nSPS) is 14.9. The van der Waals surface area contributed by atoms with Crippen LogP contribution in [0.2, 0.25) is 0 Å². The molecule has 6 nitrogen and oxygen atoms in total. The van der Waals surface area contributed by atoms with Crippen molar-refractivity contribution in [1.29, 1.82) is 0 Å². The number of fused-ring (bicyclic) bond motifs is 1. The fourth-order valence-corrected chi connectivity index (χ4v) is 2.10. The number of carboxylic acids is 1. The number of aliphatic hydroxyl groups excluding tert-OH is 1. The van der Waals surface area contributed by atoms with E-state index in [0.29, 0.717) is 13.1 Å². The standard InChI is InChI=1S/C13H16N2O4/c16-6-5-11(12(17)18)14-13(19)15-7-9-3-1-2-4-10(9)8-15/h1-4,11,16H,5-8H2,(H,14,19)(H,17,18)/t11-/m1/s1. The van der Waals surface area contributed by atoms with Crippen LogP contribution >= 0.6 is 0 Å². The van der Waals surface area contributed by atoms with Crippen LogP contribution in [-0.4, -0.2) is 39.8 Å². The van der Waals surface area contributed by atoms with Crippen molar-refractivity contribution < 1.29 is 19.8 Å². The third-order valence-electron chi connectivity index (χ3n) is 3.14. The Labute approximate surface area is 110 Å². The van der Waals surface area contributed by atoms with Crippen molar-refractivity contribution in [3.63, 3.8) is 0 Å². The molecule has 1 aromatic carbocycles. The van der Waals surface area contributed by atoms with Crippen LogP contribution in [0.5, 0.6) is 0 Å². The minimum atomic E-state index is -1.14. The first-order chi connectivity index (χ1) is 9.11. The van der Waals surface area contributed by atoms with E-state index in [1.54, 1.807) is 4.90 Å². The predicted octanol–water partition coefficient (Wildman–Crippen LogP) is 0.547. The number of benzene rings is 1. The predicted molar refractivity (Wildman–Crippen MR) is 67.3 cm³/mol. The van der Waals surface area contributed by atoms with Gasteiger partial charge in [-0.1, -0.05) is 24.3 Å². The first kappa shape index (κ1) is 13.4. The fraction of sp³-hybridized carbons (Fsp3) is 0.385. The highest BCUT2D eigenvalue weighted by Crippen LogP contribution is 2.22. The summed E-state index contributed by atoms with van der Waals surface area (Å²) in [6, 6.07) is 6.24. The van der Waals surface area contributed by atoms with Crippen molar-refractivity contribution >= 4 is 12.0 Å². The zero-order valence-electron chi connectivity index (χ0n) is 10.4. The molecule has 0 radical (unpaired) electrons. The van der Waals surface area contributed by atoms with Gasteiger partial charge in [0.1, 0.15) is 6.04 Å². The number of hydrogen-bond acceptors (Lipinski definition) is 3. The highest BCUT2D eigenvalue weighted by atomic mass is 16.4. The highest BCUT2D eigenvalue weighted by Gasteiger charge is 2.26. The van der Waals surface area contributed by atoms with E-state index in [1.165, 1.54) is 0 Å². The van der Waals surface area contributed by atoms with Crippen LogP contribution in [0.1, 0.15) is 17.5 Å². The lowest BCUT2D eigenvalue weighted by molar-refractivity contribution is -0.139. The summed E-state index contributed by atoms with van der Waals surface area (Å²) >= 11 is 0. The van der Waals surface area contributed by atoms with E-state index in [0.717, 1.165) is 11.1 Å². The summed E-state index contributed by atoms with van der Waals surface area (Å²) in [5, 5.41) is 20.1. The molecule has 3 N–H and O–H groups in total. The van der Waals surface area contributed by atoms with E-state index in [-0.39, 0.29) is 13.0 Å². The minimum absolute atomic E-state index is 0.00185. The van der Waals surface area contributed by atoms with Crippen LogP contribution in [0.4, 0.5) is 4.79 Å². The fourth-order valence-electron chi connectivity index (χ4n) is 2.10. The third kappa shape index (κ3) is 3.03. The van der Waals surface area contributed by atoms with Crippen molar-refractivity contribution in [1.82, 2.24) is 10.2 Å². The maximum Gasteiger partial charge on any atom is 0.326 e. The van der Waals surface area contributed by atoms with Crippen LogP contribution in [0.15, 0.2) is 24.3 Å². The zero-order chi connectivity index (χ0) is 13.8. The Morgan fingerprint density at radius 2 is 1.84 bits per heavy atom. The van der Waals surface area contributed by atoms with Crippen molar-refractivity contribution in [2.45, 2.75) is 25.6 Å². The molecule has 2 rings (SSSR count). The van der Waals surface area contributed by atoms with Crippen LogP contribution < -0.4 is 5.32 Å². The van der Waals surface area contributed by atoms with Gasteiger partial charge in [-0.05, 0) is 11.1 Å². The SMILES string of the molecule is O=C(O)[C@@H](CCO)NC(=O)N1Cc2ccccc2C1. The summed E-state index contributed by atoms with van der Waals surface area (Å²) in [5.74, 6) is -1.14. The van der Waals surface area contributed by atoms with Crippen molar-refractivity contribution in [2.75, 3.05) is 6.61 Å². The number of nitrogens with one attached hydrogen (secondary N) is 1. The van der Waals surface area contributed by atoms with Crippen LogP contribution in [0.3, 0.4) is 0 Å². The largest absolute Gasteiger partial charge is 0.480 e. The summed E-state index contributed by atoms with van der Waals surface area (Å²) in [4.78, 5) is 24.4. The molecule has 0 spiro atoms. The van der Waals surface area contributed by atoms with Gasteiger partial charge in [0, 0.05) is 26.1 Å². The smallest absolute Gasteiger partial charge is 0.326 e. The number of carbonyl (C=O) groups is 2. The van der Waals surface area contributed by atoms with E-state index in [9.17, 15) is 9.59 Å². The molecule has 0 unspecified atom stereocenters. The number of nitrogens with zero attached hydrogens (tertiary/aromatic N) is 1. The molecular weight excluding hydrogens is 248 g/mol. The molecule has 2 amide bonds. The number of hydrogen-bond donors (Lipinski definition) is 3. The molecule has 0 fully saturated rings. The summed E-state index contributed by atoms with van der Waals surface area (Å²) in [5.41, 5.74) is 2.15. The summed E-state index contributed by atoms with van der Waals surface area (Å²) in [7, 11) is 0. The number of amides is 2. The topological polar surface area (TPSA) is 89.9 Å². The molecule has 1 aliphatic heterocycles. The van der Waals surface area contributed by atoms with Gasteiger partial charge in [0.15, 0.2) is 0 Å². The summed E-state index contributed by atoms with van der Waals surface area (Å²) < 4.78 is 0. The molecule has 1 aromatic rings. The van der Waals surface area contributed by atoms with Crippen molar-refractivity contribution in [3.8, 4) is 0 Å². The quantitative estimate of drug-likeness (QED) is 0.740. The lowest BCUT2D eigenvalue weighted by Gasteiger charge is -2.20. The van der Waals surface area contributed by atoms with Gasteiger partial charge in [-0.3, -0.25) is 0 Å². The Kier molecular flexibility index (Phi) is 4.01. The molecule has 0 aliphatic carbocycles. The molecule has 1 heterocycles. The lowest BCUT2D eigenvalue weighted by Crippen LogP contribution is -2.46. The molecule has 102 valence electrons. The monoisotopic (exact) mass is 264 g/mol. The number of aliphatic hydroxyl groups is 1. The minimum Gasteiger partial charge on any atom is -0.480 e. The average Bonchev–Trinajstić information content (AvgIpc) is 2.81. The molecule has 1 aliphatic rings. The zero-order valence-corrected chi connectivity index (χ0v) is 10.4. The number of carbonyl (C=O) groups excluding carboxylic acids is 1. The first-order valence-corrected chi connectivity index (χ1v) is 6.07. The molecule has 19 heavy (non-hydrogen) atoms. The Balaban J connectivity index is 1.97. The molecule has 6 heteroatoms. The average molecular weight is 264 g/mol. The van der Waals surface area contributed by atoms with Crippen LogP contribution in [-0.2, 0) is 17.9 Å².